The Morgan fingerprint density at radius 3 is 2.87 bits per heavy atom. The molecule has 0 saturated carbocycles. The van der Waals surface area contributed by atoms with E-state index in [9.17, 15) is 15.2 Å². The van der Waals surface area contributed by atoms with Crippen LogP contribution in [-0.2, 0) is 0 Å². The molecule has 5 nitrogen and oxygen atoms in total. The van der Waals surface area contributed by atoms with E-state index in [4.69, 9.17) is 0 Å². The molecule has 1 N–H and O–H groups in total. The molecular weight excluding hydrogens is 216 g/mol. The van der Waals surface area contributed by atoms with Gasteiger partial charge in [0, 0.05) is 18.0 Å². The Labute approximate surface area is 91.7 Å². The van der Waals surface area contributed by atoms with Gasteiger partial charge in [0.1, 0.15) is 0 Å². The van der Waals surface area contributed by atoms with Crippen molar-refractivity contribution in [3.8, 4) is 0 Å². The molecule has 0 aromatic carbocycles. The van der Waals surface area contributed by atoms with Gasteiger partial charge in [-0.3, -0.25) is 10.1 Å². The minimum atomic E-state index is -0.865. The van der Waals surface area contributed by atoms with Gasteiger partial charge in [0.2, 0.25) is 0 Å². The molecule has 0 bridgehead atoms. The number of thioether (sulfide) groups is 1. The van der Waals surface area contributed by atoms with Crippen LogP contribution in [0, 0.1) is 10.1 Å². The molecule has 1 aromatic heterocycles. The van der Waals surface area contributed by atoms with Gasteiger partial charge in [-0.15, -0.1) is 0 Å². The lowest BCUT2D eigenvalue weighted by molar-refractivity contribution is -0.388. The van der Waals surface area contributed by atoms with Gasteiger partial charge in [-0.1, -0.05) is 11.8 Å². The first kappa shape index (κ1) is 11.9. The van der Waals surface area contributed by atoms with Crippen molar-refractivity contribution in [1.82, 2.24) is 4.98 Å². The molecule has 0 spiro atoms. The summed E-state index contributed by atoms with van der Waals surface area (Å²) in [4.78, 5) is 14.1. The van der Waals surface area contributed by atoms with Crippen molar-refractivity contribution in [1.29, 1.82) is 0 Å². The Bertz CT molecular complexity index is 363. The van der Waals surface area contributed by atoms with Gasteiger partial charge in [0.05, 0.1) is 10.5 Å². The van der Waals surface area contributed by atoms with Crippen LogP contribution in [0.2, 0.25) is 0 Å². The van der Waals surface area contributed by atoms with Gasteiger partial charge in [-0.05, 0) is 19.9 Å². The first-order valence-corrected chi connectivity index (χ1v) is 5.33. The van der Waals surface area contributed by atoms with Crippen molar-refractivity contribution >= 4 is 17.4 Å². The Morgan fingerprint density at radius 1 is 1.67 bits per heavy atom. The average Bonchev–Trinajstić information content (AvgIpc) is 2.14. The maximum atomic E-state index is 10.6. The van der Waals surface area contributed by atoms with E-state index in [2.05, 4.69) is 4.98 Å². The summed E-state index contributed by atoms with van der Waals surface area (Å²) in [5.41, 5.74) is -0.887. The summed E-state index contributed by atoms with van der Waals surface area (Å²) in [6.07, 6.45) is 1.50. The van der Waals surface area contributed by atoms with E-state index in [1.54, 1.807) is 13.8 Å². The monoisotopic (exact) mass is 228 g/mol. The Balaban J connectivity index is 2.81. The highest BCUT2D eigenvalue weighted by Gasteiger charge is 2.19. The molecule has 1 aromatic rings. The zero-order valence-electron chi connectivity index (χ0n) is 8.51. The molecule has 0 aliphatic heterocycles. The highest BCUT2D eigenvalue weighted by atomic mass is 32.2. The lowest BCUT2D eigenvalue weighted by atomic mass is 10.2. The number of aromatic nitrogens is 1. The average molecular weight is 228 g/mol. The topological polar surface area (TPSA) is 76.3 Å². The van der Waals surface area contributed by atoms with Crippen LogP contribution in [-0.4, -0.2) is 26.4 Å². The van der Waals surface area contributed by atoms with Gasteiger partial charge >= 0.3 is 5.69 Å². The van der Waals surface area contributed by atoms with E-state index in [1.807, 2.05) is 0 Å². The molecule has 1 heterocycles. The summed E-state index contributed by atoms with van der Waals surface area (Å²) < 4.78 is 0. The Morgan fingerprint density at radius 2 is 2.33 bits per heavy atom. The second-order valence-electron chi connectivity index (χ2n) is 3.69. The van der Waals surface area contributed by atoms with Crippen LogP contribution in [0.15, 0.2) is 23.4 Å². The smallest absolute Gasteiger partial charge is 0.301 e. The Hall–Kier alpha value is -1.14. The van der Waals surface area contributed by atoms with Crippen molar-refractivity contribution in [2.75, 3.05) is 5.75 Å². The third-order valence-electron chi connectivity index (χ3n) is 1.51. The van der Waals surface area contributed by atoms with E-state index in [0.29, 0.717) is 10.8 Å². The molecule has 0 fully saturated rings. The standard InChI is InChI=1S/C9H12N2O3S/c1-9(2,12)6-15-8-7(11(13)14)4-3-5-10-8/h3-5,12H,6H2,1-2H3. The molecule has 0 atom stereocenters. The van der Waals surface area contributed by atoms with Gasteiger partial charge in [0.25, 0.3) is 0 Å². The van der Waals surface area contributed by atoms with Crippen molar-refractivity contribution in [2.45, 2.75) is 24.5 Å². The minimum Gasteiger partial charge on any atom is -0.390 e. The largest absolute Gasteiger partial charge is 0.390 e. The van der Waals surface area contributed by atoms with Crippen LogP contribution in [0.3, 0.4) is 0 Å². The molecule has 82 valence electrons. The summed E-state index contributed by atoms with van der Waals surface area (Å²) in [5, 5.41) is 20.5. The summed E-state index contributed by atoms with van der Waals surface area (Å²) >= 11 is 1.18. The molecule has 0 aliphatic carbocycles. The summed E-state index contributed by atoms with van der Waals surface area (Å²) in [6.45, 7) is 3.30. The van der Waals surface area contributed by atoms with Crippen LogP contribution in [0.1, 0.15) is 13.8 Å². The summed E-state index contributed by atoms with van der Waals surface area (Å²) in [5.74, 6) is 0.366. The Kier molecular flexibility index (Phi) is 3.65. The zero-order chi connectivity index (χ0) is 11.5. The number of nitrogens with zero attached hydrogens (tertiary/aromatic N) is 2. The molecule has 0 unspecified atom stereocenters. The van der Waals surface area contributed by atoms with Crippen molar-refractivity contribution in [3.63, 3.8) is 0 Å². The first-order valence-electron chi connectivity index (χ1n) is 4.35. The number of nitro groups is 1. The van der Waals surface area contributed by atoms with E-state index in [1.165, 1.54) is 30.1 Å². The van der Waals surface area contributed by atoms with Gasteiger partial charge in [-0.25, -0.2) is 4.98 Å². The maximum Gasteiger partial charge on any atom is 0.301 e. The lowest BCUT2D eigenvalue weighted by Gasteiger charge is -2.15. The van der Waals surface area contributed by atoms with E-state index in [-0.39, 0.29) is 5.69 Å². The van der Waals surface area contributed by atoms with Gasteiger partial charge in [-0.2, -0.15) is 0 Å². The van der Waals surface area contributed by atoms with Crippen LogP contribution in [0.25, 0.3) is 0 Å². The van der Waals surface area contributed by atoms with Crippen molar-refractivity contribution in [3.05, 3.63) is 28.4 Å². The molecule has 0 aliphatic rings. The summed E-state index contributed by atoms with van der Waals surface area (Å²) in [6, 6.07) is 2.92. The zero-order valence-corrected chi connectivity index (χ0v) is 9.32. The molecule has 0 radical (unpaired) electrons. The second-order valence-corrected chi connectivity index (χ2v) is 4.65. The van der Waals surface area contributed by atoms with Gasteiger partial charge in [0.15, 0.2) is 5.03 Å². The highest BCUT2D eigenvalue weighted by molar-refractivity contribution is 7.99. The molecule has 1 rings (SSSR count). The van der Waals surface area contributed by atoms with Crippen molar-refractivity contribution in [2.24, 2.45) is 0 Å². The highest BCUT2D eigenvalue weighted by Crippen LogP contribution is 2.28. The molecule has 6 heteroatoms. The third-order valence-corrected chi connectivity index (χ3v) is 2.95. The fraction of sp³-hybridized carbons (Fsp3) is 0.444. The predicted molar refractivity (Wildman–Crippen MR) is 57.9 cm³/mol. The van der Waals surface area contributed by atoms with E-state index in [0.717, 1.165) is 0 Å². The number of hydrogen-bond donors (Lipinski definition) is 1. The third kappa shape index (κ3) is 3.85. The predicted octanol–water partition coefficient (Wildman–Crippen LogP) is 1.85. The minimum absolute atomic E-state index is 0.0215. The van der Waals surface area contributed by atoms with Crippen LogP contribution in [0.4, 0.5) is 5.69 Å². The van der Waals surface area contributed by atoms with Crippen LogP contribution in [0.5, 0.6) is 0 Å². The number of aliphatic hydroxyl groups is 1. The molecule has 15 heavy (non-hydrogen) atoms. The molecular formula is C9H12N2O3S. The fourth-order valence-corrected chi connectivity index (χ4v) is 1.79. The normalized spacial score (nSPS) is 11.4. The first-order chi connectivity index (χ1) is 6.90. The fourth-order valence-electron chi connectivity index (χ4n) is 0.877. The van der Waals surface area contributed by atoms with Crippen LogP contribution < -0.4 is 0 Å². The SMILES string of the molecule is CC(C)(O)CSc1ncccc1[N+](=O)[O-]. The van der Waals surface area contributed by atoms with Crippen molar-refractivity contribution < 1.29 is 10.0 Å². The van der Waals surface area contributed by atoms with E-state index >= 15 is 0 Å². The van der Waals surface area contributed by atoms with E-state index < -0.39 is 10.5 Å². The van der Waals surface area contributed by atoms with Gasteiger partial charge < -0.3 is 5.11 Å². The lowest BCUT2D eigenvalue weighted by Crippen LogP contribution is -2.21. The molecule has 0 amide bonds. The molecule has 0 saturated heterocycles. The van der Waals surface area contributed by atoms with Crippen LogP contribution >= 0.6 is 11.8 Å². The quantitative estimate of drug-likeness (QED) is 0.483. The number of hydrogen-bond acceptors (Lipinski definition) is 5. The summed E-state index contributed by atoms with van der Waals surface area (Å²) in [7, 11) is 0. The number of pyridine rings is 1. The maximum absolute atomic E-state index is 10.6. The number of rotatable bonds is 4. The second kappa shape index (κ2) is 4.59.